The molecule has 5 heteroatoms. The Kier molecular flexibility index (Phi) is 4.96. The first-order valence-corrected chi connectivity index (χ1v) is 11.6. The normalized spacial score (nSPS) is 15.5. The number of ketones is 1. The Bertz CT molecular complexity index is 1390. The molecule has 0 aliphatic carbocycles. The number of Topliss-reactive ketones (excluding diaryl/α,β-unsaturated/α-hetero) is 1. The third-order valence-corrected chi connectivity index (χ3v) is 7.23. The van der Waals surface area contributed by atoms with Crippen LogP contribution in [0.15, 0.2) is 119 Å². The molecule has 0 saturated carbocycles. The number of nitrogens with zero attached hydrogens (tertiary/aromatic N) is 1. The van der Waals surface area contributed by atoms with Gasteiger partial charge in [0.15, 0.2) is 0 Å². The van der Waals surface area contributed by atoms with E-state index in [-0.39, 0.29) is 15.4 Å². The van der Waals surface area contributed by atoms with Crippen LogP contribution in [0.4, 0.5) is 17.1 Å². The van der Waals surface area contributed by atoms with Crippen LogP contribution in [0.3, 0.4) is 0 Å². The summed E-state index contributed by atoms with van der Waals surface area (Å²) in [5.41, 5.74) is 3.82. The van der Waals surface area contributed by atoms with E-state index in [0.29, 0.717) is 5.56 Å². The number of carbonyl (C=O) groups is 1. The number of sulfone groups is 1. The van der Waals surface area contributed by atoms with Crippen LogP contribution in [0.2, 0.25) is 0 Å². The number of benzene rings is 4. The summed E-state index contributed by atoms with van der Waals surface area (Å²) in [4.78, 5) is 14.7. The molecule has 0 unspecified atom stereocenters. The molecule has 1 aliphatic rings. The van der Waals surface area contributed by atoms with E-state index >= 15 is 0 Å². The number of carbonyl (C=O) groups excluding carboxylic acids is 1. The van der Waals surface area contributed by atoms with Gasteiger partial charge in [0.05, 0.1) is 4.90 Å². The lowest BCUT2D eigenvalue weighted by Crippen LogP contribution is -2.09. The van der Waals surface area contributed by atoms with Gasteiger partial charge in [0, 0.05) is 22.6 Å². The average molecular weight is 438 g/mol. The Morgan fingerprint density at radius 2 is 1.09 bits per heavy atom. The molecule has 0 atom stereocenters. The van der Waals surface area contributed by atoms with Crippen molar-refractivity contribution in [2.24, 2.45) is 0 Å². The molecule has 0 fully saturated rings. The minimum absolute atomic E-state index is 0.0761. The summed E-state index contributed by atoms with van der Waals surface area (Å²) in [6.07, 6.45) is 1.46. The maximum atomic E-state index is 12.8. The molecule has 4 nitrogen and oxygen atoms in total. The summed E-state index contributed by atoms with van der Waals surface area (Å²) in [6.45, 7) is 0. The number of hydrogen-bond donors (Lipinski definition) is 0. The minimum atomic E-state index is -3.81. The second kappa shape index (κ2) is 7.94. The molecule has 0 amide bonds. The lowest BCUT2D eigenvalue weighted by Gasteiger charge is -2.25. The van der Waals surface area contributed by atoms with Crippen molar-refractivity contribution in [3.8, 4) is 0 Å². The van der Waals surface area contributed by atoms with Crippen molar-refractivity contribution in [3.05, 3.63) is 125 Å². The summed E-state index contributed by atoms with van der Waals surface area (Å²) < 4.78 is 25.7. The molecule has 32 heavy (non-hydrogen) atoms. The lowest BCUT2D eigenvalue weighted by atomic mass is 10.1. The van der Waals surface area contributed by atoms with Gasteiger partial charge < -0.3 is 4.90 Å². The number of para-hydroxylation sites is 2. The molecule has 0 aromatic heterocycles. The van der Waals surface area contributed by atoms with E-state index in [2.05, 4.69) is 4.90 Å². The number of fused-ring (bicyclic) bond motifs is 1. The summed E-state index contributed by atoms with van der Waals surface area (Å²) in [7, 11) is -3.81. The fraction of sp³-hybridized carbons (Fsp3) is 0. The highest BCUT2D eigenvalue weighted by atomic mass is 32.2. The van der Waals surface area contributed by atoms with E-state index in [4.69, 9.17) is 0 Å². The maximum Gasteiger partial charge on any atom is 0.211 e. The highest BCUT2D eigenvalue weighted by molar-refractivity contribution is 7.97. The zero-order valence-corrected chi connectivity index (χ0v) is 17.9. The number of allylic oxidation sites excluding steroid dienone is 1. The Morgan fingerprint density at radius 1 is 0.594 bits per heavy atom. The molecule has 1 aliphatic heterocycles. The minimum Gasteiger partial charge on any atom is -0.311 e. The van der Waals surface area contributed by atoms with Gasteiger partial charge in [0.2, 0.25) is 15.6 Å². The van der Waals surface area contributed by atoms with Crippen molar-refractivity contribution >= 4 is 38.8 Å². The van der Waals surface area contributed by atoms with Gasteiger partial charge in [-0.3, -0.25) is 4.79 Å². The van der Waals surface area contributed by atoms with E-state index in [1.807, 2.05) is 84.9 Å². The van der Waals surface area contributed by atoms with Crippen LogP contribution in [-0.4, -0.2) is 14.2 Å². The van der Waals surface area contributed by atoms with Crippen LogP contribution in [0.1, 0.15) is 15.9 Å². The highest BCUT2D eigenvalue weighted by Gasteiger charge is 2.38. The molecule has 0 radical (unpaired) electrons. The van der Waals surface area contributed by atoms with Crippen molar-refractivity contribution in [2.75, 3.05) is 4.90 Å². The maximum absolute atomic E-state index is 12.8. The second-order valence-corrected chi connectivity index (χ2v) is 9.32. The zero-order chi connectivity index (χ0) is 22.1. The van der Waals surface area contributed by atoms with Crippen molar-refractivity contribution in [2.45, 2.75) is 4.90 Å². The first-order chi connectivity index (χ1) is 15.6. The van der Waals surface area contributed by atoms with Gasteiger partial charge in [-0.25, -0.2) is 8.42 Å². The smallest absolute Gasteiger partial charge is 0.211 e. The van der Waals surface area contributed by atoms with E-state index in [0.717, 1.165) is 17.1 Å². The van der Waals surface area contributed by atoms with E-state index in [9.17, 15) is 13.2 Å². The van der Waals surface area contributed by atoms with E-state index in [1.165, 1.54) is 12.1 Å². The van der Waals surface area contributed by atoms with Gasteiger partial charge in [0.25, 0.3) is 0 Å². The van der Waals surface area contributed by atoms with Gasteiger partial charge in [-0.1, -0.05) is 60.7 Å². The fourth-order valence-corrected chi connectivity index (χ4v) is 5.47. The Hall–Kier alpha value is -3.96. The third kappa shape index (κ3) is 3.43. The molecule has 0 spiro atoms. The summed E-state index contributed by atoms with van der Waals surface area (Å²) in [6, 6.07) is 33.8. The van der Waals surface area contributed by atoms with Gasteiger partial charge in [0.1, 0.15) is 4.91 Å². The van der Waals surface area contributed by atoms with Crippen LogP contribution < -0.4 is 4.90 Å². The quantitative estimate of drug-likeness (QED) is 0.358. The zero-order valence-electron chi connectivity index (χ0n) is 17.0. The third-order valence-electron chi connectivity index (χ3n) is 5.41. The van der Waals surface area contributed by atoms with Crippen LogP contribution in [0.25, 0.3) is 6.08 Å². The summed E-state index contributed by atoms with van der Waals surface area (Å²) in [5.74, 6) is -0.458. The van der Waals surface area contributed by atoms with Crippen molar-refractivity contribution in [1.82, 2.24) is 0 Å². The van der Waals surface area contributed by atoms with Gasteiger partial charge in [-0.15, -0.1) is 0 Å². The molecule has 1 heterocycles. The predicted molar refractivity (Wildman–Crippen MR) is 127 cm³/mol. The molecule has 4 aromatic carbocycles. The predicted octanol–water partition coefficient (Wildman–Crippen LogP) is 6.17. The van der Waals surface area contributed by atoms with Crippen LogP contribution in [0, 0.1) is 0 Å². The summed E-state index contributed by atoms with van der Waals surface area (Å²) >= 11 is 0. The number of hydrogen-bond acceptors (Lipinski definition) is 4. The fourth-order valence-electron chi connectivity index (χ4n) is 3.88. The average Bonchev–Trinajstić information content (AvgIpc) is 3.02. The van der Waals surface area contributed by atoms with Crippen LogP contribution in [-0.2, 0) is 9.84 Å². The van der Waals surface area contributed by atoms with Gasteiger partial charge in [-0.05, 0) is 60.2 Å². The van der Waals surface area contributed by atoms with Crippen molar-refractivity contribution in [3.63, 3.8) is 0 Å². The molecule has 5 rings (SSSR count). The topological polar surface area (TPSA) is 54.5 Å². The Labute approximate surface area is 187 Å². The standard InChI is InChI=1S/C27H19NO3S/c29-27-24-13-7-8-14-25(24)32(30,31)26(27)19-20-15-17-23(18-16-20)28(21-9-3-1-4-10-21)22-11-5-2-6-12-22/h1-19H/b26-19-. The molecule has 0 N–H and O–H groups in total. The Morgan fingerprint density at radius 3 is 1.66 bits per heavy atom. The molecule has 4 aromatic rings. The molecule has 0 bridgehead atoms. The van der Waals surface area contributed by atoms with E-state index in [1.54, 1.807) is 18.2 Å². The monoisotopic (exact) mass is 437 g/mol. The van der Waals surface area contributed by atoms with Gasteiger partial charge in [-0.2, -0.15) is 0 Å². The molecule has 156 valence electrons. The van der Waals surface area contributed by atoms with E-state index < -0.39 is 15.6 Å². The van der Waals surface area contributed by atoms with Crippen LogP contribution >= 0.6 is 0 Å². The van der Waals surface area contributed by atoms with Crippen molar-refractivity contribution < 1.29 is 13.2 Å². The SMILES string of the molecule is O=C1/C(=C/c2ccc(N(c3ccccc3)c3ccccc3)cc2)S(=O)(=O)c2ccccc21. The molecular weight excluding hydrogens is 418 g/mol. The number of anilines is 3. The molecule has 0 saturated heterocycles. The molecular formula is C27H19NO3S. The van der Waals surface area contributed by atoms with Crippen LogP contribution in [0.5, 0.6) is 0 Å². The second-order valence-electron chi connectivity index (χ2n) is 7.44. The first kappa shape index (κ1) is 20.0. The largest absolute Gasteiger partial charge is 0.311 e. The van der Waals surface area contributed by atoms with Crippen molar-refractivity contribution in [1.29, 1.82) is 0 Å². The highest BCUT2D eigenvalue weighted by Crippen LogP contribution is 2.36. The lowest BCUT2D eigenvalue weighted by molar-refractivity contribution is 0.104. The summed E-state index contributed by atoms with van der Waals surface area (Å²) in [5, 5.41) is 0. The first-order valence-electron chi connectivity index (χ1n) is 10.2. The van der Waals surface area contributed by atoms with Gasteiger partial charge >= 0.3 is 0 Å². The number of rotatable bonds is 4. The Balaban J connectivity index is 1.54.